The molecule has 1 atom stereocenters. The van der Waals surface area contributed by atoms with E-state index in [1.165, 1.54) is 10.4 Å². The Morgan fingerprint density at radius 3 is 3.00 bits per heavy atom. The molecule has 0 saturated heterocycles. The van der Waals surface area contributed by atoms with Crippen molar-refractivity contribution in [3.8, 4) is 0 Å². The fourth-order valence-corrected chi connectivity index (χ4v) is 2.43. The van der Waals surface area contributed by atoms with Crippen LogP contribution < -0.4 is 5.32 Å². The lowest BCUT2D eigenvalue weighted by Gasteiger charge is -2.15. The van der Waals surface area contributed by atoms with E-state index < -0.39 is 0 Å². The molecule has 2 aromatic heterocycles. The Hall–Kier alpha value is -1.13. The van der Waals surface area contributed by atoms with Gasteiger partial charge in [0.05, 0.1) is 6.04 Å². The minimum absolute atomic E-state index is 0.191. The van der Waals surface area contributed by atoms with E-state index in [-0.39, 0.29) is 6.04 Å². The van der Waals surface area contributed by atoms with E-state index in [4.69, 9.17) is 0 Å². The summed E-state index contributed by atoms with van der Waals surface area (Å²) in [7, 11) is 0. The minimum atomic E-state index is 0.191. The lowest BCUT2D eigenvalue weighted by atomic mass is 10.1. The van der Waals surface area contributed by atoms with Crippen LogP contribution in [-0.4, -0.2) is 16.5 Å². The van der Waals surface area contributed by atoms with E-state index in [9.17, 15) is 0 Å². The first-order valence-electron chi connectivity index (χ1n) is 5.09. The van der Waals surface area contributed by atoms with Crippen molar-refractivity contribution in [1.29, 1.82) is 0 Å². The molecule has 2 heterocycles. The maximum Gasteiger partial charge on any atom is 0.127 e. The number of aromatic nitrogens is 2. The van der Waals surface area contributed by atoms with Gasteiger partial charge in [-0.05, 0) is 30.5 Å². The number of aryl methyl sites for hydroxylation is 1. The summed E-state index contributed by atoms with van der Waals surface area (Å²) >= 11 is 1.77. The molecule has 80 valence electrons. The number of imidazole rings is 1. The Kier molecular flexibility index (Phi) is 3.18. The van der Waals surface area contributed by atoms with Crippen molar-refractivity contribution in [2.75, 3.05) is 6.54 Å². The zero-order chi connectivity index (χ0) is 10.7. The molecule has 0 fully saturated rings. The number of hydrogen-bond donors (Lipinski definition) is 2. The number of thiophene rings is 1. The van der Waals surface area contributed by atoms with Crippen molar-refractivity contribution in [3.05, 3.63) is 40.1 Å². The molecular formula is C11H15N3S. The number of rotatable bonds is 4. The average molecular weight is 221 g/mol. The predicted molar refractivity (Wildman–Crippen MR) is 63.2 cm³/mol. The summed E-state index contributed by atoms with van der Waals surface area (Å²) in [5, 5.41) is 5.56. The Labute approximate surface area is 93.6 Å². The van der Waals surface area contributed by atoms with Gasteiger partial charge in [0.1, 0.15) is 5.82 Å². The second-order valence-electron chi connectivity index (χ2n) is 3.40. The Morgan fingerprint density at radius 2 is 2.47 bits per heavy atom. The van der Waals surface area contributed by atoms with Gasteiger partial charge >= 0.3 is 0 Å². The van der Waals surface area contributed by atoms with Gasteiger partial charge in [0.25, 0.3) is 0 Å². The van der Waals surface area contributed by atoms with Gasteiger partial charge in [-0.15, -0.1) is 11.3 Å². The minimum Gasteiger partial charge on any atom is -0.347 e. The van der Waals surface area contributed by atoms with Crippen molar-refractivity contribution in [1.82, 2.24) is 15.3 Å². The summed E-state index contributed by atoms with van der Waals surface area (Å²) in [6.07, 6.45) is 3.66. The number of hydrogen-bond acceptors (Lipinski definition) is 3. The molecule has 0 saturated carbocycles. The van der Waals surface area contributed by atoms with Crippen LogP contribution >= 0.6 is 11.3 Å². The van der Waals surface area contributed by atoms with Crippen LogP contribution in [0.1, 0.15) is 29.2 Å². The van der Waals surface area contributed by atoms with Gasteiger partial charge in [-0.3, -0.25) is 0 Å². The average Bonchev–Trinajstić information content (AvgIpc) is 2.85. The van der Waals surface area contributed by atoms with Crippen LogP contribution in [0.4, 0.5) is 0 Å². The van der Waals surface area contributed by atoms with Gasteiger partial charge in [-0.25, -0.2) is 4.98 Å². The molecule has 0 aromatic carbocycles. The normalized spacial score (nSPS) is 12.9. The van der Waals surface area contributed by atoms with E-state index in [0.29, 0.717) is 0 Å². The van der Waals surface area contributed by atoms with Gasteiger partial charge in [-0.1, -0.05) is 6.92 Å². The van der Waals surface area contributed by atoms with Crippen molar-refractivity contribution < 1.29 is 0 Å². The SMILES string of the molecule is CCNC(c1ncc[nH]1)c1ccsc1C. The topological polar surface area (TPSA) is 40.7 Å². The molecule has 2 N–H and O–H groups in total. The Bertz CT molecular complexity index is 405. The number of nitrogens with zero attached hydrogens (tertiary/aromatic N) is 1. The summed E-state index contributed by atoms with van der Waals surface area (Å²) in [5.74, 6) is 0.985. The van der Waals surface area contributed by atoms with E-state index >= 15 is 0 Å². The maximum atomic E-state index is 4.32. The van der Waals surface area contributed by atoms with Gasteiger partial charge in [-0.2, -0.15) is 0 Å². The second-order valence-corrected chi connectivity index (χ2v) is 4.52. The van der Waals surface area contributed by atoms with Crippen molar-refractivity contribution in [2.24, 2.45) is 0 Å². The van der Waals surface area contributed by atoms with Gasteiger partial charge in [0, 0.05) is 17.3 Å². The molecule has 1 unspecified atom stereocenters. The number of aromatic amines is 1. The Balaban J connectivity index is 2.32. The maximum absolute atomic E-state index is 4.32. The fourth-order valence-electron chi connectivity index (χ4n) is 1.69. The highest BCUT2D eigenvalue weighted by Gasteiger charge is 2.17. The van der Waals surface area contributed by atoms with Crippen LogP contribution in [0.2, 0.25) is 0 Å². The zero-order valence-corrected chi connectivity index (χ0v) is 9.77. The molecular weight excluding hydrogens is 206 g/mol. The second kappa shape index (κ2) is 4.59. The molecule has 0 aliphatic carbocycles. The van der Waals surface area contributed by atoms with Gasteiger partial charge in [0.15, 0.2) is 0 Å². The first-order valence-corrected chi connectivity index (χ1v) is 5.97. The molecule has 0 amide bonds. The standard InChI is InChI=1S/C11H15N3S/c1-3-12-10(11-13-5-6-14-11)9-4-7-15-8(9)2/h4-7,10,12H,3H2,1-2H3,(H,13,14). The third-order valence-corrected chi connectivity index (χ3v) is 3.27. The monoisotopic (exact) mass is 221 g/mol. The molecule has 4 heteroatoms. The smallest absolute Gasteiger partial charge is 0.127 e. The van der Waals surface area contributed by atoms with E-state index in [2.05, 4.69) is 40.6 Å². The quantitative estimate of drug-likeness (QED) is 0.832. The molecule has 0 spiro atoms. The third kappa shape index (κ3) is 2.11. The lowest BCUT2D eigenvalue weighted by molar-refractivity contribution is 0.603. The van der Waals surface area contributed by atoms with Crippen molar-refractivity contribution in [2.45, 2.75) is 19.9 Å². The van der Waals surface area contributed by atoms with Crippen molar-refractivity contribution in [3.63, 3.8) is 0 Å². The van der Waals surface area contributed by atoms with Crippen LogP contribution in [0.15, 0.2) is 23.8 Å². The zero-order valence-electron chi connectivity index (χ0n) is 8.95. The summed E-state index contributed by atoms with van der Waals surface area (Å²) in [6.45, 7) is 5.19. The van der Waals surface area contributed by atoms with Crippen LogP contribution in [0.25, 0.3) is 0 Å². The van der Waals surface area contributed by atoms with Crippen LogP contribution in [0, 0.1) is 6.92 Å². The molecule has 0 aliphatic rings. The summed E-state index contributed by atoms with van der Waals surface area (Å²) < 4.78 is 0. The molecule has 0 aliphatic heterocycles. The van der Waals surface area contributed by atoms with Crippen LogP contribution in [0.3, 0.4) is 0 Å². The summed E-state index contributed by atoms with van der Waals surface area (Å²) in [6, 6.07) is 2.35. The first kappa shape index (κ1) is 10.4. The fraction of sp³-hybridized carbons (Fsp3) is 0.364. The Morgan fingerprint density at radius 1 is 1.60 bits per heavy atom. The summed E-state index contributed by atoms with van der Waals surface area (Å²) in [4.78, 5) is 8.83. The first-order chi connectivity index (χ1) is 7.33. The highest BCUT2D eigenvalue weighted by molar-refractivity contribution is 7.10. The molecule has 15 heavy (non-hydrogen) atoms. The lowest BCUT2D eigenvalue weighted by Crippen LogP contribution is -2.23. The van der Waals surface area contributed by atoms with E-state index in [0.717, 1.165) is 12.4 Å². The highest BCUT2D eigenvalue weighted by Crippen LogP contribution is 2.25. The van der Waals surface area contributed by atoms with Crippen LogP contribution in [0.5, 0.6) is 0 Å². The largest absolute Gasteiger partial charge is 0.347 e. The molecule has 2 rings (SSSR count). The third-order valence-electron chi connectivity index (χ3n) is 2.41. The van der Waals surface area contributed by atoms with Gasteiger partial charge < -0.3 is 10.3 Å². The summed E-state index contributed by atoms with van der Waals surface area (Å²) in [5.41, 5.74) is 1.32. The van der Waals surface area contributed by atoms with E-state index in [1.54, 1.807) is 17.5 Å². The van der Waals surface area contributed by atoms with E-state index in [1.807, 2.05) is 6.20 Å². The molecule has 3 nitrogen and oxygen atoms in total. The molecule has 2 aromatic rings. The highest BCUT2D eigenvalue weighted by atomic mass is 32.1. The molecule has 0 radical (unpaired) electrons. The van der Waals surface area contributed by atoms with Crippen LogP contribution in [-0.2, 0) is 0 Å². The number of nitrogens with one attached hydrogen (secondary N) is 2. The van der Waals surface area contributed by atoms with Crippen molar-refractivity contribution >= 4 is 11.3 Å². The number of H-pyrrole nitrogens is 1. The van der Waals surface area contributed by atoms with Gasteiger partial charge in [0.2, 0.25) is 0 Å². The molecule has 0 bridgehead atoms. The predicted octanol–water partition coefficient (Wildman–Crippen LogP) is 2.48.